The predicted octanol–water partition coefficient (Wildman–Crippen LogP) is 2.31. The fraction of sp³-hybridized carbons (Fsp3) is 0.167. The Labute approximate surface area is 152 Å². The van der Waals surface area contributed by atoms with Crippen LogP contribution in [0.25, 0.3) is 22.3 Å². The van der Waals surface area contributed by atoms with Crippen LogP contribution in [0.15, 0.2) is 27.4 Å². The summed E-state index contributed by atoms with van der Waals surface area (Å²) >= 11 is 0. The molecule has 0 saturated heterocycles. The second kappa shape index (κ2) is 6.52. The van der Waals surface area contributed by atoms with Crippen LogP contribution in [0.3, 0.4) is 0 Å². The number of methoxy groups -OCH3 is 3. The molecule has 0 bridgehead atoms. The zero-order valence-corrected chi connectivity index (χ0v) is 14.6. The lowest BCUT2D eigenvalue weighted by molar-refractivity contribution is 0.323. The van der Waals surface area contributed by atoms with Crippen LogP contribution in [0.2, 0.25) is 0 Å². The minimum atomic E-state index is -0.704. The molecule has 0 spiro atoms. The summed E-state index contributed by atoms with van der Waals surface area (Å²) in [6.07, 6.45) is 0. The molecule has 0 aliphatic carbocycles. The number of ether oxygens (including phenoxy) is 3. The van der Waals surface area contributed by atoms with Gasteiger partial charge in [-0.3, -0.25) is 4.79 Å². The SMILES string of the molecule is COc1c(O)ccc(O)c1-c1cc(=O)c2c(O)c(OC)c(O)c(OC)c2o1. The molecule has 2 aromatic carbocycles. The molecule has 0 saturated carbocycles. The summed E-state index contributed by atoms with van der Waals surface area (Å²) in [6, 6.07) is 3.40. The number of aromatic hydroxyl groups is 4. The molecule has 0 radical (unpaired) electrons. The van der Waals surface area contributed by atoms with Gasteiger partial charge in [0.2, 0.25) is 17.2 Å². The Balaban J connectivity index is 2.48. The molecule has 0 amide bonds. The summed E-state index contributed by atoms with van der Waals surface area (Å²) in [4.78, 5) is 12.6. The van der Waals surface area contributed by atoms with Gasteiger partial charge in [0.05, 0.1) is 21.3 Å². The summed E-state index contributed by atoms with van der Waals surface area (Å²) in [6.45, 7) is 0. The van der Waals surface area contributed by atoms with Gasteiger partial charge in [0.25, 0.3) is 0 Å². The summed E-state index contributed by atoms with van der Waals surface area (Å²) in [5.41, 5.74) is -1.07. The van der Waals surface area contributed by atoms with Crippen molar-refractivity contribution in [3.8, 4) is 51.6 Å². The Bertz CT molecular complexity index is 1100. The number of rotatable bonds is 4. The van der Waals surface area contributed by atoms with E-state index in [9.17, 15) is 25.2 Å². The Morgan fingerprint density at radius 3 is 2.00 bits per heavy atom. The standard InChI is InChI=1S/C18H16O9/c1-24-15-8(20)5-4-7(19)11(15)10-6-9(21)12-13(22)17(25-2)14(23)18(26-3)16(12)27-10/h4-6,19-20,22-23H,1-3H3. The van der Waals surface area contributed by atoms with E-state index in [1.807, 2.05) is 0 Å². The second-order valence-corrected chi connectivity index (χ2v) is 5.45. The molecule has 0 atom stereocenters. The van der Waals surface area contributed by atoms with E-state index in [0.29, 0.717) is 0 Å². The Hall–Kier alpha value is -3.75. The van der Waals surface area contributed by atoms with Crippen LogP contribution in [0.1, 0.15) is 0 Å². The molecule has 9 nitrogen and oxygen atoms in total. The molecule has 0 aliphatic heterocycles. The van der Waals surface area contributed by atoms with E-state index in [1.54, 1.807) is 0 Å². The van der Waals surface area contributed by atoms with Gasteiger partial charge in [-0.2, -0.15) is 0 Å². The van der Waals surface area contributed by atoms with Gasteiger partial charge in [0.1, 0.15) is 22.5 Å². The van der Waals surface area contributed by atoms with Crippen LogP contribution in [-0.4, -0.2) is 41.8 Å². The minimum Gasteiger partial charge on any atom is -0.507 e. The minimum absolute atomic E-state index is 0.0895. The lowest BCUT2D eigenvalue weighted by Crippen LogP contribution is -2.04. The van der Waals surface area contributed by atoms with Gasteiger partial charge in [-0.05, 0) is 12.1 Å². The molecule has 0 fully saturated rings. The van der Waals surface area contributed by atoms with Crippen LogP contribution in [0, 0.1) is 0 Å². The summed E-state index contributed by atoms with van der Waals surface area (Å²) in [5, 5.41) is 40.3. The van der Waals surface area contributed by atoms with E-state index in [-0.39, 0.29) is 51.0 Å². The molecular weight excluding hydrogens is 360 g/mol. The van der Waals surface area contributed by atoms with Crippen LogP contribution in [0.5, 0.6) is 40.2 Å². The topological polar surface area (TPSA) is 139 Å². The van der Waals surface area contributed by atoms with E-state index in [4.69, 9.17) is 18.6 Å². The summed E-state index contributed by atoms with van der Waals surface area (Å²) in [5.74, 6) is -2.73. The highest BCUT2D eigenvalue weighted by Crippen LogP contribution is 2.50. The number of benzene rings is 2. The smallest absolute Gasteiger partial charge is 0.208 e. The highest BCUT2D eigenvalue weighted by molar-refractivity contribution is 5.95. The first-order valence-electron chi connectivity index (χ1n) is 7.58. The third-order valence-electron chi connectivity index (χ3n) is 4.01. The average molecular weight is 376 g/mol. The zero-order chi connectivity index (χ0) is 19.9. The van der Waals surface area contributed by atoms with Crippen molar-refractivity contribution in [2.75, 3.05) is 21.3 Å². The van der Waals surface area contributed by atoms with E-state index in [0.717, 1.165) is 6.07 Å². The molecule has 3 rings (SSSR count). The number of phenolic OH excluding ortho intramolecular Hbond substituents is 4. The van der Waals surface area contributed by atoms with Gasteiger partial charge in [-0.15, -0.1) is 0 Å². The Morgan fingerprint density at radius 1 is 0.815 bits per heavy atom. The Morgan fingerprint density at radius 2 is 1.41 bits per heavy atom. The third-order valence-corrected chi connectivity index (χ3v) is 4.01. The molecule has 1 aromatic heterocycles. The van der Waals surface area contributed by atoms with Crippen LogP contribution >= 0.6 is 0 Å². The van der Waals surface area contributed by atoms with Gasteiger partial charge in [0.15, 0.2) is 28.3 Å². The van der Waals surface area contributed by atoms with E-state index < -0.39 is 16.9 Å². The van der Waals surface area contributed by atoms with Crippen molar-refractivity contribution in [3.05, 3.63) is 28.4 Å². The molecule has 0 unspecified atom stereocenters. The highest BCUT2D eigenvalue weighted by Gasteiger charge is 2.27. The second-order valence-electron chi connectivity index (χ2n) is 5.45. The van der Waals surface area contributed by atoms with Crippen LogP contribution in [-0.2, 0) is 0 Å². The average Bonchev–Trinajstić information content (AvgIpc) is 2.63. The van der Waals surface area contributed by atoms with Gasteiger partial charge in [-0.25, -0.2) is 0 Å². The fourth-order valence-corrected chi connectivity index (χ4v) is 2.83. The van der Waals surface area contributed by atoms with Gasteiger partial charge in [-0.1, -0.05) is 0 Å². The van der Waals surface area contributed by atoms with Crippen molar-refractivity contribution < 1.29 is 39.1 Å². The van der Waals surface area contributed by atoms with Crippen LogP contribution in [0.4, 0.5) is 0 Å². The Kier molecular flexibility index (Phi) is 4.36. The number of hydrogen-bond donors (Lipinski definition) is 4. The van der Waals surface area contributed by atoms with E-state index >= 15 is 0 Å². The van der Waals surface area contributed by atoms with Gasteiger partial charge in [0, 0.05) is 6.07 Å². The van der Waals surface area contributed by atoms with E-state index in [2.05, 4.69) is 0 Å². The van der Waals surface area contributed by atoms with Crippen molar-refractivity contribution in [1.29, 1.82) is 0 Å². The molecule has 3 aromatic rings. The molecule has 0 aliphatic rings. The molecule has 4 N–H and O–H groups in total. The largest absolute Gasteiger partial charge is 0.507 e. The first kappa shape index (κ1) is 18.1. The number of hydrogen-bond acceptors (Lipinski definition) is 9. The predicted molar refractivity (Wildman–Crippen MR) is 94.2 cm³/mol. The fourth-order valence-electron chi connectivity index (χ4n) is 2.83. The van der Waals surface area contributed by atoms with Crippen molar-refractivity contribution in [1.82, 2.24) is 0 Å². The molecule has 1 heterocycles. The summed E-state index contributed by atoms with van der Waals surface area (Å²) in [7, 11) is 3.69. The first-order valence-corrected chi connectivity index (χ1v) is 7.58. The highest BCUT2D eigenvalue weighted by atomic mass is 16.5. The maximum Gasteiger partial charge on any atom is 0.208 e. The molecule has 142 valence electrons. The van der Waals surface area contributed by atoms with Crippen LogP contribution < -0.4 is 19.6 Å². The van der Waals surface area contributed by atoms with Crippen molar-refractivity contribution in [3.63, 3.8) is 0 Å². The molecule has 9 heteroatoms. The normalized spacial score (nSPS) is 10.8. The monoisotopic (exact) mass is 376 g/mol. The zero-order valence-electron chi connectivity index (χ0n) is 14.6. The van der Waals surface area contributed by atoms with Crippen molar-refractivity contribution >= 4 is 11.0 Å². The molecule has 27 heavy (non-hydrogen) atoms. The quantitative estimate of drug-likeness (QED) is 0.505. The van der Waals surface area contributed by atoms with Crippen molar-refractivity contribution in [2.24, 2.45) is 0 Å². The number of fused-ring (bicyclic) bond motifs is 1. The maximum absolute atomic E-state index is 12.6. The molecular formula is C18H16O9. The maximum atomic E-state index is 12.6. The summed E-state index contributed by atoms with van der Waals surface area (Å²) < 4.78 is 20.7. The van der Waals surface area contributed by atoms with Gasteiger partial charge < -0.3 is 39.1 Å². The first-order chi connectivity index (χ1) is 12.8. The third kappa shape index (κ3) is 2.60. The lowest BCUT2D eigenvalue weighted by atomic mass is 10.1. The van der Waals surface area contributed by atoms with Crippen molar-refractivity contribution in [2.45, 2.75) is 0 Å². The number of phenols is 4. The van der Waals surface area contributed by atoms with E-state index in [1.165, 1.54) is 33.5 Å². The lowest BCUT2D eigenvalue weighted by Gasteiger charge is -2.15. The van der Waals surface area contributed by atoms with Gasteiger partial charge >= 0.3 is 0 Å².